The van der Waals surface area contributed by atoms with E-state index in [0.29, 0.717) is 48.3 Å². The lowest BCUT2D eigenvalue weighted by Gasteiger charge is -2.39. The third-order valence-electron chi connectivity index (χ3n) is 14.6. The summed E-state index contributed by atoms with van der Waals surface area (Å²) in [6, 6.07) is 11.1. The number of thioether (sulfide) groups is 2. The van der Waals surface area contributed by atoms with Gasteiger partial charge in [-0.25, -0.2) is 0 Å². The number of carbonyl (C=O) groups is 8. The Balaban J connectivity index is 1.06. The van der Waals surface area contributed by atoms with Crippen LogP contribution < -0.4 is 31.9 Å². The predicted octanol–water partition coefficient (Wildman–Crippen LogP) is 1.74. The first kappa shape index (κ1) is 52.6. The third kappa shape index (κ3) is 11.1. The summed E-state index contributed by atoms with van der Waals surface area (Å²) in [5.41, 5.74) is -0.212. The molecule has 18 nitrogen and oxygen atoms in total. The highest BCUT2D eigenvalue weighted by Gasteiger charge is 2.56. The summed E-state index contributed by atoms with van der Waals surface area (Å²) in [7, 11) is 3.34. The lowest BCUT2D eigenvalue weighted by molar-refractivity contribution is -0.147. The molecule has 0 aliphatic carbocycles. The van der Waals surface area contributed by atoms with Crippen LogP contribution in [0.5, 0.6) is 0 Å². The maximum atomic E-state index is 14.7. The zero-order chi connectivity index (χ0) is 50.7. The van der Waals surface area contributed by atoms with Crippen LogP contribution in [0.1, 0.15) is 90.4 Å². The molecule has 0 radical (unpaired) electrons. The van der Waals surface area contributed by atoms with Crippen LogP contribution in [0.2, 0.25) is 0 Å². The SMILES string of the molecule is CNC(C)C(=O)N[C@H]1CCS[C@H]2CC(C)(C)[C@@H](C(=O)NC(C(=O)N3CCN(C(=O)C(NC(=O)[C@H]4N5C(=O)[C@@H](NC(=O)C(C)NC)CCS[C@H]5CC4(C)C)c4ccccc4)CC3)c3ccccc3)N2C1=O. The van der Waals surface area contributed by atoms with E-state index in [1.54, 1.807) is 120 Å². The second-order valence-corrected chi connectivity index (χ2v) is 23.0. The average Bonchev–Trinajstić information content (AvgIpc) is 3.67. The number of hydrogen-bond acceptors (Lipinski definition) is 12. The number of nitrogens with one attached hydrogen (secondary N) is 6. The Morgan fingerprint density at radius 1 is 0.571 bits per heavy atom. The molecule has 5 aliphatic heterocycles. The first-order valence-electron chi connectivity index (χ1n) is 24.4. The molecule has 20 heteroatoms. The van der Waals surface area contributed by atoms with Crippen molar-refractivity contribution in [2.24, 2.45) is 10.8 Å². The number of likely N-dealkylation sites (N-methyl/N-ethyl adjacent to an activating group) is 2. The number of piperazine rings is 1. The quantitative estimate of drug-likeness (QED) is 0.160. The van der Waals surface area contributed by atoms with E-state index >= 15 is 0 Å². The van der Waals surface area contributed by atoms with E-state index in [1.807, 2.05) is 39.8 Å². The average molecular weight is 1000 g/mol. The van der Waals surface area contributed by atoms with Crippen molar-refractivity contribution in [3.63, 3.8) is 0 Å². The number of hydrogen-bond donors (Lipinski definition) is 6. The Morgan fingerprint density at radius 2 is 0.914 bits per heavy atom. The van der Waals surface area contributed by atoms with E-state index in [0.717, 1.165) is 0 Å². The lowest BCUT2D eigenvalue weighted by Crippen LogP contribution is -2.60. The van der Waals surface area contributed by atoms with Crippen LogP contribution in [0, 0.1) is 10.8 Å². The third-order valence-corrected chi connectivity index (χ3v) is 17.1. The molecule has 6 N–H and O–H groups in total. The van der Waals surface area contributed by atoms with Crippen LogP contribution in [-0.4, -0.2) is 166 Å². The number of nitrogens with zero attached hydrogens (tertiary/aromatic N) is 4. The summed E-state index contributed by atoms with van der Waals surface area (Å²) in [6.07, 6.45) is 1.93. The largest absolute Gasteiger partial charge is 0.343 e. The highest BCUT2D eigenvalue weighted by atomic mass is 32.2. The van der Waals surface area contributed by atoms with Gasteiger partial charge in [-0.05, 0) is 87.1 Å². The lowest BCUT2D eigenvalue weighted by atomic mass is 9.83. The molecule has 0 saturated carbocycles. The van der Waals surface area contributed by atoms with E-state index < -0.39 is 71.0 Å². The molecule has 5 aliphatic rings. The maximum Gasteiger partial charge on any atom is 0.249 e. The van der Waals surface area contributed by atoms with Gasteiger partial charge in [-0.15, -0.1) is 23.5 Å². The second kappa shape index (κ2) is 22.1. The summed E-state index contributed by atoms with van der Waals surface area (Å²) in [6.45, 7) is 11.8. The summed E-state index contributed by atoms with van der Waals surface area (Å²) in [5, 5.41) is 17.1. The van der Waals surface area contributed by atoms with Crippen molar-refractivity contribution in [2.75, 3.05) is 51.8 Å². The minimum absolute atomic E-state index is 0.139. The van der Waals surface area contributed by atoms with Gasteiger partial charge < -0.3 is 51.5 Å². The van der Waals surface area contributed by atoms with Crippen LogP contribution in [0.15, 0.2) is 60.7 Å². The molecule has 0 aromatic heterocycles. The van der Waals surface area contributed by atoms with Gasteiger partial charge in [-0.3, -0.25) is 38.4 Å². The van der Waals surface area contributed by atoms with Gasteiger partial charge in [0.1, 0.15) is 36.3 Å². The number of rotatable bonds is 14. The van der Waals surface area contributed by atoms with Crippen molar-refractivity contribution >= 4 is 70.8 Å². The molecule has 0 bridgehead atoms. The fourth-order valence-electron chi connectivity index (χ4n) is 10.4. The molecule has 4 unspecified atom stereocenters. The summed E-state index contributed by atoms with van der Waals surface area (Å²) in [5.74, 6) is -1.74. The van der Waals surface area contributed by atoms with Gasteiger partial charge in [0.2, 0.25) is 47.3 Å². The first-order valence-corrected chi connectivity index (χ1v) is 26.5. The number of fused-ring (bicyclic) bond motifs is 2. The smallest absolute Gasteiger partial charge is 0.249 e. The Labute approximate surface area is 419 Å². The van der Waals surface area contributed by atoms with Gasteiger partial charge in [0, 0.05) is 26.2 Å². The normalized spacial score (nSPS) is 26.9. The van der Waals surface area contributed by atoms with Crippen molar-refractivity contribution in [1.29, 1.82) is 0 Å². The highest BCUT2D eigenvalue weighted by molar-refractivity contribution is 8.00. The molecule has 0 spiro atoms. The van der Waals surface area contributed by atoms with Gasteiger partial charge in [0.25, 0.3) is 0 Å². The van der Waals surface area contributed by atoms with Crippen molar-refractivity contribution in [3.8, 4) is 0 Å². The Hall–Kier alpha value is -5.18. The van der Waals surface area contributed by atoms with Gasteiger partial charge in [0.15, 0.2) is 0 Å². The van der Waals surface area contributed by atoms with Crippen LogP contribution in [0.25, 0.3) is 0 Å². The van der Waals surface area contributed by atoms with Gasteiger partial charge in [-0.2, -0.15) is 0 Å². The van der Waals surface area contributed by atoms with Gasteiger partial charge in [0.05, 0.1) is 22.8 Å². The van der Waals surface area contributed by atoms with Crippen molar-refractivity contribution in [1.82, 2.24) is 51.5 Å². The number of carbonyl (C=O) groups excluding carboxylic acids is 8. The number of amides is 8. The molecule has 7 rings (SSSR count). The molecule has 10 atom stereocenters. The fourth-order valence-corrected chi connectivity index (χ4v) is 13.5. The first-order chi connectivity index (χ1) is 33.3. The second-order valence-electron chi connectivity index (χ2n) is 20.4. The minimum atomic E-state index is -1.11. The van der Waals surface area contributed by atoms with E-state index in [9.17, 15) is 38.4 Å². The monoisotopic (exact) mass is 1000 g/mol. The highest BCUT2D eigenvalue weighted by Crippen LogP contribution is 2.48. The topological polar surface area (TPSA) is 222 Å². The van der Waals surface area contributed by atoms with E-state index in [2.05, 4.69) is 31.9 Å². The van der Waals surface area contributed by atoms with Crippen molar-refractivity contribution in [3.05, 3.63) is 71.8 Å². The van der Waals surface area contributed by atoms with Crippen molar-refractivity contribution < 1.29 is 38.4 Å². The molecule has 2 aromatic carbocycles. The van der Waals surface area contributed by atoms with Crippen LogP contribution >= 0.6 is 23.5 Å². The van der Waals surface area contributed by atoms with E-state index in [4.69, 9.17) is 0 Å². The van der Waals surface area contributed by atoms with Crippen LogP contribution in [0.4, 0.5) is 0 Å². The predicted molar refractivity (Wildman–Crippen MR) is 269 cm³/mol. The zero-order valence-corrected chi connectivity index (χ0v) is 43.1. The Kier molecular flexibility index (Phi) is 16.6. The molecular formula is C50H70N10O8S2. The van der Waals surface area contributed by atoms with Crippen LogP contribution in [-0.2, 0) is 38.4 Å². The van der Waals surface area contributed by atoms with Crippen LogP contribution in [0.3, 0.4) is 0 Å². The molecule has 5 heterocycles. The molecule has 8 amide bonds. The number of benzene rings is 2. The zero-order valence-electron chi connectivity index (χ0n) is 41.5. The van der Waals surface area contributed by atoms with Crippen molar-refractivity contribution in [2.45, 2.75) is 126 Å². The molecule has 5 fully saturated rings. The summed E-state index contributed by atoms with van der Waals surface area (Å²) >= 11 is 3.18. The molecule has 5 saturated heterocycles. The molecule has 380 valence electrons. The molecule has 2 aromatic rings. The molecular weight excluding hydrogens is 933 g/mol. The van der Waals surface area contributed by atoms with Gasteiger partial charge >= 0.3 is 0 Å². The maximum absolute atomic E-state index is 14.7. The summed E-state index contributed by atoms with van der Waals surface area (Å²) in [4.78, 5) is 120. The summed E-state index contributed by atoms with van der Waals surface area (Å²) < 4.78 is 0. The van der Waals surface area contributed by atoms with E-state index in [1.165, 1.54) is 0 Å². The Morgan fingerprint density at radius 3 is 1.24 bits per heavy atom. The van der Waals surface area contributed by atoms with Gasteiger partial charge in [-0.1, -0.05) is 88.4 Å². The molecule has 70 heavy (non-hydrogen) atoms. The van der Waals surface area contributed by atoms with E-state index in [-0.39, 0.29) is 72.4 Å². The minimum Gasteiger partial charge on any atom is -0.343 e. The Bertz CT molecular complexity index is 2120. The fraction of sp³-hybridized carbons (Fsp3) is 0.600. The standard InChI is InChI=1S/C50H70N10O8S2/c1-29(51-7)41(61)53-33-19-25-69-35-27-49(3,4)39(59(35)45(33)65)43(63)55-37(31-15-11-9-12-16-31)47(67)57-21-23-58(24-22-57)48(68)38(32-17-13-10-14-18-32)56-44(64)40-50(5,6)28-36-60(40)46(66)34(20-26-70-36)54-42(62)30(2)52-8/h9-18,29-30,33-40,51-52H,19-28H2,1-8H3,(H,53,61)(H,54,62)(H,55,63)(H,56,64)/t29?,30?,33-,34-,35-,36-,37?,38?,39+,40+/m0/s1.